The Morgan fingerprint density at radius 3 is 2.54 bits per heavy atom. The molecule has 0 spiro atoms. The smallest absolute Gasteiger partial charge is 0.209 e. The number of ketones is 1. The topological polar surface area (TPSA) is 78.7 Å². The van der Waals surface area contributed by atoms with Crippen LogP contribution in [0.25, 0.3) is 5.69 Å². The molecule has 2 aromatic heterocycles. The summed E-state index contributed by atoms with van der Waals surface area (Å²) in [5.41, 5.74) is 4.97. The van der Waals surface area contributed by atoms with Crippen LogP contribution in [0.4, 0.5) is 0 Å². The summed E-state index contributed by atoms with van der Waals surface area (Å²) in [7, 11) is 0. The van der Waals surface area contributed by atoms with Crippen LogP contribution >= 0.6 is 11.8 Å². The number of aromatic nitrogens is 4. The molecule has 0 radical (unpaired) electrons. The highest BCUT2D eigenvalue weighted by atomic mass is 32.2. The van der Waals surface area contributed by atoms with Gasteiger partial charge in [-0.1, -0.05) is 29.5 Å². The van der Waals surface area contributed by atoms with E-state index in [2.05, 4.69) is 46.0 Å². The quantitative estimate of drug-likeness (QED) is 0.438. The van der Waals surface area contributed by atoms with Crippen molar-refractivity contribution in [2.75, 3.05) is 11.6 Å². The minimum absolute atomic E-state index is 0.0504. The number of nitrogens with zero attached hydrogens (tertiary/aromatic N) is 4. The van der Waals surface area contributed by atoms with Crippen LogP contribution in [0.3, 0.4) is 0 Å². The van der Waals surface area contributed by atoms with E-state index in [4.69, 9.17) is 5.84 Å². The standard InChI is InChI=1S/C17H19N5OS/c1-11-4-6-14(7-5-11)22-12(2)8-15(13(22)3)16(23)9-24-17-20-19-10-21(17)18/h4-8,10H,9,18H2,1-3H3. The van der Waals surface area contributed by atoms with Crippen LogP contribution in [0.2, 0.25) is 0 Å². The molecule has 3 rings (SSSR count). The highest BCUT2D eigenvalue weighted by Crippen LogP contribution is 2.23. The van der Waals surface area contributed by atoms with E-state index in [9.17, 15) is 4.79 Å². The second-order valence-corrected chi connectivity index (χ2v) is 6.63. The van der Waals surface area contributed by atoms with Gasteiger partial charge in [0.05, 0.1) is 5.75 Å². The van der Waals surface area contributed by atoms with E-state index in [1.165, 1.54) is 28.3 Å². The molecule has 0 fully saturated rings. The third kappa shape index (κ3) is 3.07. The zero-order valence-corrected chi connectivity index (χ0v) is 14.7. The Balaban J connectivity index is 1.84. The van der Waals surface area contributed by atoms with Crippen LogP contribution in [0.15, 0.2) is 41.8 Å². The Morgan fingerprint density at radius 1 is 1.21 bits per heavy atom. The van der Waals surface area contributed by atoms with Crippen molar-refractivity contribution in [2.24, 2.45) is 0 Å². The van der Waals surface area contributed by atoms with E-state index in [1.807, 2.05) is 19.9 Å². The lowest BCUT2D eigenvalue weighted by atomic mass is 10.2. The molecule has 0 saturated carbocycles. The maximum Gasteiger partial charge on any atom is 0.209 e. The van der Waals surface area contributed by atoms with Gasteiger partial charge < -0.3 is 10.4 Å². The van der Waals surface area contributed by atoms with Gasteiger partial charge >= 0.3 is 0 Å². The zero-order chi connectivity index (χ0) is 17.3. The third-order valence-electron chi connectivity index (χ3n) is 3.90. The minimum atomic E-state index is 0.0504. The zero-order valence-electron chi connectivity index (χ0n) is 13.9. The molecule has 0 saturated heterocycles. The summed E-state index contributed by atoms with van der Waals surface area (Å²) < 4.78 is 3.41. The summed E-state index contributed by atoms with van der Waals surface area (Å²) in [5.74, 6) is 5.99. The fraction of sp³-hybridized carbons (Fsp3) is 0.235. The summed E-state index contributed by atoms with van der Waals surface area (Å²) >= 11 is 1.28. The van der Waals surface area contributed by atoms with Crippen LogP contribution in [-0.2, 0) is 0 Å². The molecule has 2 heterocycles. The number of benzene rings is 1. The van der Waals surface area contributed by atoms with Crippen LogP contribution < -0.4 is 5.84 Å². The number of carbonyl (C=O) groups excluding carboxylic acids is 1. The van der Waals surface area contributed by atoms with E-state index in [0.717, 1.165) is 22.6 Å². The van der Waals surface area contributed by atoms with E-state index < -0.39 is 0 Å². The van der Waals surface area contributed by atoms with Crippen molar-refractivity contribution in [1.29, 1.82) is 0 Å². The van der Waals surface area contributed by atoms with Gasteiger partial charge in [-0.15, -0.1) is 10.2 Å². The number of aryl methyl sites for hydroxylation is 2. The third-order valence-corrected chi connectivity index (χ3v) is 4.85. The van der Waals surface area contributed by atoms with Crippen molar-refractivity contribution in [3.63, 3.8) is 0 Å². The van der Waals surface area contributed by atoms with Crippen LogP contribution in [0.5, 0.6) is 0 Å². The largest absolute Gasteiger partial charge is 0.336 e. The van der Waals surface area contributed by atoms with E-state index >= 15 is 0 Å². The molecule has 6 nitrogen and oxygen atoms in total. The monoisotopic (exact) mass is 341 g/mol. The van der Waals surface area contributed by atoms with Crippen molar-refractivity contribution in [2.45, 2.75) is 25.9 Å². The molecule has 0 aliphatic heterocycles. The van der Waals surface area contributed by atoms with Gasteiger partial charge in [-0.05, 0) is 39.0 Å². The van der Waals surface area contributed by atoms with Gasteiger partial charge in [0.15, 0.2) is 5.78 Å². The van der Waals surface area contributed by atoms with Crippen LogP contribution in [0.1, 0.15) is 27.3 Å². The van der Waals surface area contributed by atoms with Gasteiger partial charge in [-0.2, -0.15) is 0 Å². The molecular weight excluding hydrogens is 322 g/mol. The van der Waals surface area contributed by atoms with Gasteiger partial charge in [-0.25, -0.2) is 4.68 Å². The second-order valence-electron chi connectivity index (χ2n) is 5.69. The molecule has 24 heavy (non-hydrogen) atoms. The van der Waals surface area contributed by atoms with Crippen LogP contribution in [0, 0.1) is 20.8 Å². The van der Waals surface area contributed by atoms with Crippen LogP contribution in [-0.4, -0.2) is 31.0 Å². The molecule has 7 heteroatoms. The first-order chi connectivity index (χ1) is 11.5. The normalized spacial score (nSPS) is 11.0. The molecule has 0 aliphatic carbocycles. The Morgan fingerprint density at radius 2 is 1.92 bits per heavy atom. The molecule has 0 amide bonds. The number of nitrogen functional groups attached to an aromatic ring is 1. The first kappa shape index (κ1) is 16.3. The number of nitrogens with two attached hydrogens (primary N) is 1. The van der Waals surface area contributed by atoms with E-state index in [0.29, 0.717) is 5.16 Å². The lowest BCUT2D eigenvalue weighted by Crippen LogP contribution is -2.10. The van der Waals surface area contributed by atoms with Gasteiger partial charge in [0.1, 0.15) is 6.33 Å². The van der Waals surface area contributed by atoms with Gasteiger partial charge in [0.2, 0.25) is 5.16 Å². The summed E-state index contributed by atoms with van der Waals surface area (Å²) in [6.45, 7) is 6.03. The molecular formula is C17H19N5OS. The van der Waals surface area contributed by atoms with Gasteiger partial charge in [0.25, 0.3) is 0 Å². The van der Waals surface area contributed by atoms with Crippen molar-refractivity contribution < 1.29 is 4.79 Å². The summed E-state index contributed by atoms with van der Waals surface area (Å²) in [6.07, 6.45) is 1.41. The first-order valence-corrected chi connectivity index (χ1v) is 8.53. The lowest BCUT2D eigenvalue weighted by molar-refractivity contribution is 0.102. The highest BCUT2D eigenvalue weighted by Gasteiger charge is 2.17. The summed E-state index contributed by atoms with van der Waals surface area (Å²) in [6, 6.07) is 10.2. The molecule has 0 aliphatic rings. The molecule has 0 bridgehead atoms. The van der Waals surface area contributed by atoms with Gasteiger partial charge in [0, 0.05) is 22.6 Å². The number of carbonyl (C=O) groups is 1. The number of thioether (sulfide) groups is 1. The van der Waals surface area contributed by atoms with Gasteiger partial charge in [-0.3, -0.25) is 4.79 Å². The fourth-order valence-electron chi connectivity index (χ4n) is 2.68. The molecule has 2 N–H and O–H groups in total. The molecule has 124 valence electrons. The Hall–Kier alpha value is -2.54. The average Bonchev–Trinajstić information content (AvgIpc) is 3.09. The van der Waals surface area contributed by atoms with Crippen molar-refractivity contribution >= 4 is 17.5 Å². The van der Waals surface area contributed by atoms with E-state index in [1.54, 1.807) is 0 Å². The predicted molar refractivity (Wildman–Crippen MR) is 95.2 cm³/mol. The highest BCUT2D eigenvalue weighted by molar-refractivity contribution is 7.99. The average molecular weight is 341 g/mol. The first-order valence-electron chi connectivity index (χ1n) is 7.54. The second kappa shape index (κ2) is 6.52. The Kier molecular flexibility index (Phi) is 4.44. The maximum absolute atomic E-state index is 12.6. The number of rotatable bonds is 5. The Labute approximate surface area is 144 Å². The summed E-state index contributed by atoms with van der Waals surface area (Å²) in [5, 5.41) is 8.11. The molecule has 3 aromatic rings. The molecule has 1 aromatic carbocycles. The minimum Gasteiger partial charge on any atom is -0.336 e. The summed E-state index contributed by atoms with van der Waals surface area (Å²) in [4.78, 5) is 12.6. The van der Waals surface area contributed by atoms with E-state index in [-0.39, 0.29) is 11.5 Å². The van der Waals surface area contributed by atoms with Crippen molar-refractivity contribution in [3.8, 4) is 5.69 Å². The SMILES string of the molecule is Cc1ccc(-n2c(C)cc(C(=O)CSc3nncn3N)c2C)cc1. The predicted octanol–water partition coefficient (Wildman–Crippen LogP) is 2.68. The number of Topliss-reactive ketones (excluding diaryl/α,β-unsaturated/α-hetero) is 1. The maximum atomic E-state index is 12.6. The number of hydrogen-bond donors (Lipinski definition) is 1. The Bertz CT molecular complexity index is 879. The lowest BCUT2D eigenvalue weighted by Gasteiger charge is -2.10. The van der Waals surface area contributed by atoms with Crippen molar-refractivity contribution in [1.82, 2.24) is 19.4 Å². The molecule has 0 unspecified atom stereocenters. The number of hydrogen-bond acceptors (Lipinski definition) is 5. The fourth-order valence-corrected chi connectivity index (χ4v) is 3.40. The van der Waals surface area contributed by atoms with Crippen molar-refractivity contribution in [3.05, 3.63) is 59.2 Å². The molecule has 0 atom stereocenters.